The van der Waals surface area contributed by atoms with Crippen molar-refractivity contribution in [2.24, 2.45) is 40.4 Å². The van der Waals surface area contributed by atoms with Gasteiger partial charge >= 0.3 is 5.97 Å². The second kappa shape index (κ2) is 16.6. The van der Waals surface area contributed by atoms with Gasteiger partial charge in [-0.3, -0.25) is 0 Å². The maximum atomic E-state index is 13.0. The van der Waals surface area contributed by atoms with Gasteiger partial charge in [-0.05, 0) is 93.8 Å². The van der Waals surface area contributed by atoms with E-state index in [-0.39, 0.29) is 35.2 Å². The summed E-state index contributed by atoms with van der Waals surface area (Å²) in [5, 5.41) is 104. The summed E-state index contributed by atoms with van der Waals surface area (Å²) >= 11 is 0. The molecule has 15 heteroatoms. The highest BCUT2D eigenvalue weighted by Crippen LogP contribution is 2.67. The van der Waals surface area contributed by atoms with Crippen LogP contribution in [0.5, 0.6) is 0 Å². The molecule has 15 nitrogen and oxygen atoms in total. The number of allylic oxidation sites excluding steroid dienone is 1. The van der Waals surface area contributed by atoms with Gasteiger partial charge in [0.05, 0.1) is 31.5 Å². The molecule has 6 aliphatic rings. The van der Waals surface area contributed by atoms with Crippen LogP contribution in [0.2, 0.25) is 0 Å². The summed E-state index contributed by atoms with van der Waals surface area (Å²) in [6.07, 6.45) is -8.57. The van der Waals surface area contributed by atoms with E-state index in [1.807, 2.05) is 0 Å². The first-order valence-electron chi connectivity index (χ1n) is 20.1. The molecule has 0 amide bonds. The van der Waals surface area contributed by atoms with Crippen LogP contribution in [0.1, 0.15) is 86.0 Å². The largest absolute Gasteiger partial charge is 0.429 e. The molecule has 314 valence electrons. The Morgan fingerprint density at radius 2 is 1.45 bits per heavy atom. The van der Waals surface area contributed by atoms with Crippen molar-refractivity contribution in [1.29, 1.82) is 0 Å². The van der Waals surface area contributed by atoms with Crippen molar-refractivity contribution in [1.82, 2.24) is 0 Å². The molecule has 0 aromatic heterocycles. The molecule has 0 bridgehead atoms. The Labute approximate surface area is 322 Å². The third kappa shape index (κ3) is 7.60. The van der Waals surface area contributed by atoms with Gasteiger partial charge in [-0.15, -0.1) is 0 Å². The lowest BCUT2D eigenvalue weighted by Crippen LogP contribution is -2.60. The number of fused-ring (bicyclic) bond motifs is 5. The molecule has 2 aliphatic heterocycles. The molecule has 20 atom stereocenters. The summed E-state index contributed by atoms with van der Waals surface area (Å²) in [5.41, 5.74) is 1.45. The maximum absolute atomic E-state index is 13.0. The molecular weight excluding hydrogens is 720 g/mol. The zero-order valence-electron chi connectivity index (χ0n) is 32.6. The van der Waals surface area contributed by atoms with E-state index in [4.69, 9.17) is 18.9 Å². The third-order valence-electron chi connectivity index (χ3n) is 15.2. The van der Waals surface area contributed by atoms with E-state index < -0.39 is 104 Å². The average molecular weight is 785 g/mol. The van der Waals surface area contributed by atoms with Crippen molar-refractivity contribution < 1.29 is 74.8 Å². The quantitative estimate of drug-likeness (QED) is 0.0782. The summed E-state index contributed by atoms with van der Waals surface area (Å²) in [4.78, 5) is 13.0. The first-order chi connectivity index (χ1) is 25.9. The highest BCUT2D eigenvalue weighted by atomic mass is 16.7. The van der Waals surface area contributed by atoms with Gasteiger partial charge in [0.2, 0.25) is 6.29 Å². The van der Waals surface area contributed by atoms with Crippen LogP contribution in [0, 0.1) is 40.4 Å². The molecule has 6 rings (SSSR count). The molecule has 0 aromatic rings. The normalized spacial score (nSPS) is 48.7. The number of hydrogen-bond acceptors (Lipinski definition) is 15. The number of aliphatic hydroxyl groups excluding tert-OH is 10. The Morgan fingerprint density at radius 1 is 0.855 bits per heavy atom. The maximum Gasteiger partial charge on any atom is 0.336 e. The fraction of sp³-hybridized carbons (Fsp3) is 0.875. The number of carbonyl (C=O) groups excluding carboxylic acids is 1. The van der Waals surface area contributed by atoms with Gasteiger partial charge in [0, 0.05) is 17.4 Å². The number of ether oxygens (including phenoxy) is 4. The summed E-state index contributed by atoms with van der Waals surface area (Å²) < 4.78 is 22.4. The molecule has 0 spiro atoms. The second-order valence-electron chi connectivity index (χ2n) is 17.9. The van der Waals surface area contributed by atoms with Crippen molar-refractivity contribution in [3.63, 3.8) is 0 Å². The van der Waals surface area contributed by atoms with Crippen LogP contribution in [0.4, 0.5) is 0 Å². The lowest BCUT2D eigenvalue weighted by atomic mass is 9.46. The number of rotatable bonds is 10. The van der Waals surface area contributed by atoms with Crippen LogP contribution < -0.4 is 0 Å². The highest BCUT2D eigenvalue weighted by Gasteiger charge is 2.62. The Balaban J connectivity index is 1.09. The highest BCUT2D eigenvalue weighted by molar-refractivity contribution is 5.88. The van der Waals surface area contributed by atoms with Crippen molar-refractivity contribution in [3.05, 3.63) is 22.8 Å². The van der Waals surface area contributed by atoms with Gasteiger partial charge < -0.3 is 70.0 Å². The van der Waals surface area contributed by atoms with E-state index in [2.05, 4.69) is 26.8 Å². The first kappa shape index (κ1) is 43.0. The van der Waals surface area contributed by atoms with Crippen LogP contribution >= 0.6 is 0 Å². The molecule has 2 heterocycles. The summed E-state index contributed by atoms with van der Waals surface area (Å²) in [6.45, 7) is 8.69. The lowest BCUT2D eigenvalue weighted by Gasteiger charge is -2.60. The summed E-state index contributed by atoms with van der Waals surface area (Å²) in [7, 11) is 0. The van der Waals surface area contributed by atoms with E-state index in [0.29, 0.717) is 30.3 Å². The zero-order valence-corrected chi connectivity index (χ0v) is 32.6. The number of carbonyl (C=O) groups is 1. The number of hydrogen-bond donors (Lipinski definition) is 10. The minimum Gasteiger partial charge on any atom is -0.429 e. The molecule has 5 fully saturated rings. The van der Waals surface area contributed by atoms with E-state index in [0.717, 1.165) is 37.7 Å². The van der Waals surface area contributed by atoms with Crippen LogP contribution in [0.3, 0.4) is 0 Å². The van der Waals surface area contributed by atoms with Gasteiger partial charge in [-0.25, -0.2) is 4.79 Å². The predicted molar refractivity (Wildman–Crippen MR) is 193 cm³/mol. The molecule has 4 aliphatic carbocycles. The van der Waals surface area contributed by atoms with Gasteiger partial charge in [-0.1, -0.05) is 38.0 Å². The van der Waals surface area contributed by atoms with E-state index in [1.54, 1.807) is 13.8 Å². The smallest absolute Gasteiger partial charge is 0.336 e. The van der Waals surface area contributed by atoms with Crippen molar-refractivity contribution >= 4 is 5.97 Å². The Bertz CT molecular complexity index is 1430. The molecule has 3 saturated carbocycles. The van der Waals surface area contributed by atoms with E-state index in [1.165, 1.54) is 0 Å². The van der Waals surface area contributed by atoms with E-state index >= 15 is 0 Å². The topological polar surface area (TPSA) is 256 Å². The first-order valence-corrected chi connectivity index (χ1v) is 20.1. The van der Waals surface area contributed by atoms with Crippen LogP contribution in [0.25, 0.3) is 0 Å². The molecule has 55 heavy (non-hydrogen) atoms. The average Bonchev–Trinajstić information content (AvgIpc) is 3.52. The molecule has 0 aromatic carbocycles. The lowest BCUT2D eigenvalue weighted by molar-refractivity contribution is -0.315. The minimum atomic E-state index is -1.71. The SMILES string of the molecule is C/C(CC(O)C(C)C1CCC2C3CC=C4CC(OC5OC(CO)C(O)C(O)C5O)CC(O)C4(C)C3CCC12C)=C(\C)C(=O)OC1OC(CO)C(O)C(O)C1O. The Kier molecular flexibility index (Phi) is 13.0. The standard InChI is InChI=1S/C40H64O15/c1-17(18(2)36(51)55-38-35(50)33(48)31(46)28(16-42)54-38)12-26(43)19(3)23-8-9-24-22-7-6-20-13-21(52-37-34(49)32(47)30(45)27(15-41)53-37)14-29(44)40(20,5)25(22)10-11-39(23,24)4/h6,19,21-35,37-38,41-50H,7-16H2,1-5H3/b18-17-. The van der Waals surface area contributed by atoms with Crippen LogP contribution in [0.15, 0.2) is 22.8 Å². The molecule has 2 saturated heterocycles. The van der Waals surface area contributed by atoms with Crippen molar-refractivity contribution in [2.45, 2.75) is 166 Å². The van der Waals surface area contributed by atoms with Gasteiger partial charge in [0.15, 0.2) is 6.29 Å². The summed E-state index contributed by atoms with van der Waals surface area (Å²) in [5.74, 6) is 0.330. The summed E-state index contributed by atoms with van der Waals surface area (Å²) in [6, 6.07) is 0. The fourth-order valence-electron chi connectivity index (χ4n) is 11.5. The van der Waals surface area contributed by atoms with Crippen molar-refractivity contribution in [3.8, 4) is 0 Å². The molecule has 10 N–H and O–H groups in total. The monoisotopic (exact) mass is 784 g/mol. The van der Waals surface area contributed by atoms with Gasteiger partial charge in [0.1, 0.15) is 48.8 Å². The zero-order chi connectivity index (χ0) is 40.3. The van der Waals surface area contributed by atoms with Crippen molar-refractivity contribution in [2.75, 3.05) is 13.2 Å². The third-order valence-corrected chi connectivity index (χ3v) is 15.2. The number of esters is 1. The van der Waals surface area contributed by atoms with Crippen LogP contribution in [-0.4, -0.2) is 150 Å². The molecule has 0 radical (unpaired) electrons. The second-order valence-corrected chi connectivity index (χ2v) is 17.9. The molecular formula is C40H64O15. The predicted octanol–water partition coefficient (Wildman–Crippen LogP) is -0.212. The van der Waals surface area contributed by atoms with Gasteiger partial charge in [0.25, 0.3) is 0 Å². The molecule has 20 unspecified atom stereocenters. The van der Waals surface area contributed by atoms with Crippen LogP contribution in [-0.2, 0) is 23.7 Å². The Hall–Kier alpha value is -1.57. The minimum absolute atomic E-state index is 0.0354. The van der Waals surface area contributed by atoms with Gasteiger partial charge in [-0.2, -0.15) is 0 Å². The Morgan fingerprint density at radius 3 is 2.07 bits per heavy atom. The fourth-order valence-corrected chi connectivity index (χ4v) is 11.5. The number of aliphatic hydroxyl groups is 10. The van der Waals surface area contributed by atoms with E-state index in [9.17, 15) is 55.9 Å².